The number of benzene rings is 1. The summed E-state index contributed by atoms with van der Waals surface area (Å²) >= 11 is 1.60. The molecule has 1 saturated heterocycles. The lowest BCUT2D eigenvalue weighted by molar-refractivity contribution is 0.313. The molecule has 0 saturated carbocycles. The summed E-state index contributed by atoms with van der Waals surface area (Å²) in [6.45, 7) is 10.7. The maximum atomic E-state index is 5.80. The Balaban J connectivity index is 1.36. The highest BCUT2D eigenvalue weighted by molar-refractivity contribution is 7.16. The van der Waals surface area contributed by atoms with Gasteiger partial charge in [-0.3, -0.25) is 0 Å². The number of rotatable bonds is 5. The minimum atomic E-state index is -0.0411. The summed E-state index contributed by atoms with van der Waals surface area (Å²) in [6, 6.07) is 8.59. The number of anilines is 3. The third-order valence-corrected chi connectivity index (χ3v) is 6.04. The zero-order valence-corrected chi connectivity index (χ0v) is 18.9. The van der Waals surface area contributed by atoms with E-state index in [1.54, 1.807) is 17.5 Å². The summed E-state index contributed by atoms with van der Waals surface area (Å²) in [5.74, 6) is 1.50. The van der Waals surface area contributed by atoms with E-state index in [9.17, 15) is 0 Å². The molecule has 6 nitrogen and oxygen atoms in total. The zero-order valence-electron chi connectivity index (χ0n) is 18.1. The Morgan fingerprint density at radius 2 is 1.73 bits per heavy atom. The van der Waals surface area contributed by atoms with Crippen LogP contribution in [0, 0.1) is 0 Å². The van der Waals surface area contributed by atoms with E-state index in [-0.39, 0.29) is 5.41 Å². The van der Waals surface area contributed by atoms with Crippen LogP contribution in [0.5, 0.6) is 0 Å². The molecule has 0 amide bonds. The van der Waals surface area contributed by atoms with E-state index in [0.717, 1.165) is 47.6 Å². The maximum absolute atomic E-state index is 5.80. The van der Waals surface area contributed by atoms with Gasteiger partial charge in [-0.2, -0.15) is 0 Å². The zero-order chi connectivity index (χ0) is 21.1. The first kappa shape index (κ1) is 20.6. The number of piperazine rings is 1. The van der Waals surface area contributed by atoms with Gasteiger partial charge in [-0.25, -0.2) is 9.97 Å². The molecule has 0 spiro atoms. The summed E-state index contributed by atoms with van der Waals surface area (Å²) in [6.07, 6.45) is 7.52. The molecule has 0 aliphatic carbocycles. The van der Waals surface area contributed by atoms with Crippen molar-refractivity contribution in [1.29, 1.82) is 0 Å². The van der Waals surface area contributed by atoms with E-state index in [0.29, 0.717) is 5.89 Å². The van der Waals surface area contributed by atoms with Gasteiger partial charge in [0.1, 0.15) is 5.76 Å². The molecule has 0 radical (unpaired) electrons. The SMILES string of the molecule is CN1CCN(c2ccc(Nc3ncc(/C=C/c4ncc(C(C)(C)C)o4)s3)cc2)CC1. The molecular weight excluding hydrogens is 394 g/mol. The van der Waals surface area contributed by atoms with Gasteiger partial charge in [0.15, 0.2) is 5.13 Å². The average Bonchev–Trinajstić information content (AvgIpc) is 3.37. The number of hydrogen-bond donors (Lipinski definition) is 1. The Labute approximate surface area is 182 Å². The van der Waals surface area contributed by atoms with Crippen LogP contribution in [-0.4, -0.2) is 48.1 Å². The molecule has 1 aromatic carbocycles. The second-order valence-corrected chi connectivity index (χ2v) is 9.74. The third-order valence-electron chi connectivity index (χ3n) is 5.16. The van der Waals surface area contributed by atoms with Crippen LogP contribution in [0.1, 0.15) is 37.3 Å². The fraction of sp³-hybridized carbons (Fsp3) is 0.391. The van der Waals surface area contributed by atoms with Crippen LogP contribution in [0.25, 0.3) is 12.2 Å². The van der Waals surface area contributed by atoms with Crippen molar-refractivity contribution in [1.82, 2.24) is 14.9 Å². The number of likely N-dealkylation sites (N-methyl/N-ethyl adjacent to an activating group) is 1. The molecule has 30 heavy (non-hydrogen) atoms. The second kappa shape index (κ2) is 8.62. The van der Waals surface area contributed by atoms with Crippen LogP contribution in [0.3, 0.4) is 0 Å². The summed E-state index contributed by atoms with van der Waals surface area (Å²) in [7, 11) is 2.18. The van der Waals surface area contributed by atoms with Crippen molar-refractivity contribution in [3.63, 3.8) is 0 Å². The number of oxazole rings is 1. The lowest BCUT2D eigenvalue weighted by Crippen LogP contribution is -2.44. The van der Waals surface area contributed by atoms with Gasteiger partial charge in [-0.05, 0) is 37.4 Å². The molecule has 1 aliphatic rings. The molecule has 1 N–H and O–H groups in total. The highest BCUT2D eigenvalue weighted by Crippen LogP contribution is 2.27. The summed E-state index contributed by atoms with van der Waals surface area (Å²) < 4.78 is 5.80. The van der Waals surface area contributed by atoms with Crippen LogP contribution in [0.2, 0.25) is 0 Å². The van der Waals surface area contributed by atoms with Crippen molar-refractivity contribution >= 4 is 40.0 Å². The van der Waals surface area contributed by atoms with Gasteiger partial charge < -0.3 is 19.5 Å². The van der Waals surface area contributed by atoms with Crippen molar-refractivity contribution in [3.8, 4) is 0 Å². The minimum Gasteiger partial charge on any atom is -0.441 e. The molecular formula is C23H29N5OS. The van der Waals surface area contributed by atoms with E-state index >= 15 is 0 Å². The van der Waals surface area contributed by atoms with Crippen molar-refractivity contribution in [3.05, 3.63) is 53.2 Å². The van der Waals surface area contributed by atoms with E-state index < -0.39 is 0 Å². The summed E-state index contributed by atoms with van der Waals surface area (Å²) in [5, 5.41) is 4.26. The van der Waals surface area contributed by atoms with Crippen molar-refractivity contribution < 1.29 is 4.42 Å². The normalized spacial score (nSPS) is 15.8. The second-order valence-electron chi connectivity index (χ2n) is 8.68. The lowest BCUT2D eigenvalue weighted by atomic mass is 9.94. The van der Waals surface area contributed by atoms with Gasteiger partial charge in [-0.1, -0.05) is 32.1 Å². The Morgan fingerprint density at radius 3 is 2.40 bits per heavy atom. The molecule has 1 fully saturated rings. The molecule has 158 valence electrons. The fourth-order valence-corrected chi connectivity index (χ4v) is 3.97. The Kier molecular flexibility index (Phi) is 5.92. The first-order chi connectivity index (χ1) is 14.4. The van der Waals surface area contributed by atoms with Gasteiger partial charge in [0.25, 0.3) is 0 Å². The average molecular weight is 424 g/mol. The quantitative estimate of drug-likeness (QED) is 0.617. The standard InChI is InChI=1S/C23H29N5OS/c1-23(2,3)20-16-24-21(29-20)10-9-19-15-25-22(30-19)26-17-5-7-18(8-6-17)28-13-11-27(4)12-14-28/h5-10,15-16H,11-14H2,1-4H3,(H,25,26)/b10-9+. The molecule has 7 heteroatoms. The monoisotopic (exact) mass is 423 g/mol. The molecule has 2 aromatic heterocycles. The van der Waals surface area contributed by atoms with E-state index in [1.165, 1.54) is 5.69 Å². The maximum Gasteiger partial charge on any atom is 0.218 e. The predicted molar refractivity (Wildman–Crippen MR) is 126 cm³/mol. The Bertz CT molecular complexity index is 991. The number of nitrogens with one attached hydrogen (secondary N) is 1. The van der Waals surface area contributed by atoms with Crippen LogP contribution >= 0.6 is 11.3 Å². The molecule has 0 unspecified atom stereocenters. The molecule has 0 bridgehead atoms. The van der Waals surface area contributed by atoms with Gasteiger partial charge in [0.05, 0.1) is 6.20 Å². The van der Waals surface area contributed by atoms with Crippen LogP contribution < -0.4 is 10.2 Å². The van der Waals surface area contributed by atoms with E-state index in [2.05, 4.69) is 77.2 Å². The predicted octanol–water partition coefficient (Wildman–Crippen LogP) is 5.09. The van der Waals surface area contributed by atoms with Crippen LogP contribution in [0.15, 0.2) is 41.1 Å². The van der Waals surface area contributed by atoms with Crippen LogP contribution in [-0.2, 0) is 5.41 Å². The molecule has 3 heterocycles. The molecule has 4 rings (SSSR count). The lowest BCUT2D eigenvalue weighted by Gasteiger charge is -2.34. The van der Waals surface area contributed by atoms with Crippen molar-refractivity contribution in [2.24, 2.45) is 0 Å². The van der Waals surface area contributed by atoms with Gasteiger partial charge >= 0.3 is 0 Å². The third kappa shape index (κ3) is 5.09. The minimum absolute atomic E-state index is 0.0411. The Morgan fingerprint density at radius 1 is 1.00 bits per heavy atom. The van der Waals surface area contributed by atoms with Gasteiger partial charge in [0, 0.05) is 60.1 Å². The van der Waals surface area contributed by atoms with Gasteiger partial charge in [-0.15, -0.1) is 0 Å². The number of hydrogen-bond acceptors (Lipinski definition) is 7. The molecule has 1 aliphatic heterocycles. The van der Waals surface area contributed by atoms with E-state index in [4.69, 9.17) is 4.42 Å². The van der Waals surface area contributed by atoms with E-state index in [1.807, 2.05) is 18.3 Å². The molecule has 0 atom stereocenters. The highest BCUT2D eigenvalue weighted by Gasteiger charge is 2.18. The van der Waals surface area contributed by atoms with Crippen molar-refractivity contribution in [2.45, 2.75) is 26.2 Å². The number of nitrogens with zero attached hydrogens (tertiary/aromatic N) is 4. The summed E-state index contributed by atoms with van der Waals surface area (Å²) in [5.41, 5.74) is 2.28. The first-order valence-corrected chi connectivity index (χ1v) is 11.1. The summed E-state index contributed by atoms with van der Waals surface area (Å²) in [4.78, 5) is 14.7. The Hall–Kier alpha value is -2.64. The van der Waals surface area contributed by atoms with Crippen LogP contribution in [0.4, 0.5) is 16.5 Å². The fourth-order valence-electron chi connectivity index (χ4n) is 3.23. The van der Waals surface area contributed by atoms with Gasteiger partial charge in [0.2, 0.25) is 5.89 Å². The highest BCUT2D eigenvalue weighted by atomic mass is 32.1. The number of aromatic nitrogens is 2. The topological polar surface area (TPSA) is 57.4 Å². The smallest absolute Gasteiger partial charge is 0.218 e. The first-order valence-electron chi connectivity index (χ1n) is 10.3. The molecule has 3 aromatic rings. The van der Waals surface area contributed by atoms with Crippen molar-refractivity contribution in [2.75, 3.05) is 43.4 Å². The largest absolute Gasteiger partial charge is 0.441 e. The number of thiazole rings is 1.